The van der Waals surface area contributed by atoms with E-state index < -0.39 is 51.9 Å². The minimum Gasteiger partial charge on any atom is -0.462 e. The van der Waals surface area contributed by atoms with Gasteiger partial charge in [0.25, 0.3) is 0 Å². The maximum Gasteiger partial charge on any atom is 0.340 e. The second kappa shape index (κ2) is 11.4. The summed E-state index contributed by atoms with van der Waals surface area (Å²) in [5, 5.41) is 9.53. The van der Waals surface area contributed by atoms with Gasteiger partial charge in [-0.25, -0.2) is 31.4 Å². The lowest BCUT2D eigenvalue weighted by atomic mass is 9.96. The molecule has 0 bridgehead atoms. The van der Waals surface area contributed by atoms with E-state index in [-0.39, 0.29) is 60.7 Å². The number of aromatic nitrogens is 1. The van der Waals surface area contributed by atoms with Crippen LogP contribution >= 0.6 is 0 Å². The van der Waals surface area contributed by atoms with Gasteiger partial charge in [-0.2, -0.15) is 5.26 Å². The van der Waals surface area contributed by atoms with Gasteiger partial charge >= 0.3 is 5.97 Å². The smallest absolute Gasteiger partial charge is 0.340 e. The van der Waals surface area contributed by atoms with Gasteiger partial charge in [0.2, 0.25) is 15.9 Å². The predicted octanol–water partition coefficient (Wildman–Crippen LogP) is 2.74. The van der Waals surface area contributed by atoms with E-state index in [9.17, 15) is 36.4 Å². The summed E-state index contributed by atoms with van der Waals surface area (Å²) in [4.78, 5) is 30.4. The third-order valence-electron chi connectivity index (χ3n) is 5.61. The zero-order valence-corrected chi connectivity index (χ0v) is 20.1. The molecule has 0 spiro atoms. The Bertz CT molecular complexity index is 1310. The maximum absolute atomic E-state index is 13.8. The van der Waals surface area contributed by atoms with Crippen molar-refractivity contribution in [3.63, 3.8) is 0 Å². The minimum absolute atomic E-state index is 0.0297. The van der Waals surface area contributed by atoms with E-state index in [1.54, 1.807) is 11.8 Å². The molecule has 1 N–H and O–H groups in total. The number of hydrogen-bond donors (Lipinski definition) is 1. The lowest BCUT2D eigenvalue weighted by molar-refractivity contribution is -0.123. The van der Waals surface area contributed by atoms with Gasteiger partial charge in [-0.15, -0.1) is 0 Å². The Kier molecular flexibility index (Phi) is 8.52. The average Bonchev–Trinajstić information content (AvgIpc) is 2.84. The van der Waals surface area contributed by atoms with E-state index in [0.29, 0.717) is 6.07 Å². The molecule has 1 aromatic carbocycles. The number of nitrogens with one attached hydrogen (secondary N) is 1. The first-order chi connectivity index (χ1) is 17.1. The number of ether oxygens (including phenoxy) is 1. The first kappa shape index (κ1) is 26.9. The second-order valence-corrected chi connectivity index (χ2v) is 9.76. The number of halogens is 3. The third kappa shape index (κ3) is 6.31. The summed E-state index contributed by atoms with van der Waals surface area (Å²) >= 11 is 0. The Morgan fingerprint density at radius 3 is 2.53 bits per heavy atom. The Hall–Kier alpha value is -3.66. The van der Waals surface area contributed by atoms with E-state index in [0.717, 1.165) is 12.1 Å². The summed E-state index contributed by atoms with van der Waals surface area (Å²) in [5.41, 5.74) is -0.572. The van der Waals surface area contributed by atoms with Crippen LogP contribution in [-0.2, 0) is 32.0 Å². The van der Waals surface area contributed by atoms with E-state index in [4.69, 9.17) is 4.74 Å². The number of nitriles is 1. The van der Waals surface area contributed by atoms with Crippen LogP contribution in [-0.4, -0.2) is 45.0 Å². The van der Waals surface area contributed by atoms with Crippen molar-refractivity contribution in [1.82, 2.24) is 9.71 Å². The second-order valence-electron chi connectivity index (χ2n) is 8.04. The van der Waals surface area contributed by atoms with Crippen LogP contribution in [0.1, 0.15) is 46.9 Å². The first-order valence-electron chi connectivity index (χ1n) is 11.0. The fourth-order valence-electron chi connectivity index (χ4n) is 3.82. The lowest BCUT2D eigenvalue weighted by Crippen LogP contribution is -2.43. The predicted molar refractivity (Wildman–Crippen MR) is 122 cm³/mol. The normalized spacial score (nSPS) is 14.2. The number of nitrogens with zero attached hydrogens (tertiary/aromatic N) is 3. The number of carbonyl (C=O) groups excluding carboxylic acids is 2. The standard InChI is InChI=1S/C23H23F3N4O5S/c1-2-35-23(32)18-9-16(12-27)21(28-20(18)11-24)30-7-5-14(6-8-30)22(31)29-36(33,34)13-15-3-4-17(25)10-19(15)26/h3-4,9-10,14H,2,5-8,11,13H2,1H3,(H,29,31). The summed E-state index contributed by atoms with van der Waals surface area (Å²) in [6, 6.07) is 5.61. The van der Waals surface area contributed by atoms with Crippen molar-refractivity contribution in [3.05, 3.63) is 58.3 Å². The third-order valence-corrected chi connectivity index (χ3v) is 6.81. The van der Waals surface area contributed by atoms with Gasteiger partial charge in [0.05, 0.1) is 29.2 Å². The summed E-state index contributed by atoms with van der Waals surface area (Å²) in [7, 11) is -4.24. The first-order valence-corrected chi connectivity index (χ1v) is 12.6. The van der Waals surface area contributed by atoms with Crippen molar-refractivity contribution < 1.29 is 35.9 Å². The van der Waals surface area contributed by atoms with Crippen molar-refractivity contribution in [2.45, 2.75) is 32.2 Å². The quantitative estimate of drug-likeness (QED) is 0.522. The van der Waals surface area contributed by atoms with Crippen molar-refractivity contribution in [3.8, 4) is 6.07 Å². The molecule has 36 heavy (non-hydrogen) atoms. The van der Waals surface area contributed by atoms with Gasteiger partial charge in [-0.05, 0) is 31.9 Å². The largest absolute Gasteiger partial charge is 0.462 e. The van der Waals surface area contributed by atoms with E-state index in [1.807, 2.05) is 10.8 Å². The summed E-state index contributed by atoms with van der Waals surface area (Å²) in [6.07, 6.45) is 0.396. The number of alkyl halides is 1. The molecule has 0 aliphatic carbocycles. The van der Waals surface area contributed by atoms with Crippen molar-refractivity contribution in [2.75, 3.05) is 24.6 Å². The highest BCUT2D eigenvalue weighted by Gasteiger charge is 2.30. The fourth-order valence-corrected chi connectivity index (χ4v) is 5.01. The van der Waals surface area contributed by atoms with Gasteiger partial charge in [0.15, 0.2) is 0 Å². The molecular formula is C23H23F3N4O5S. The number of carbonyl (C=O) groups is 2. The van der Waals surface area contributed by atoms with Crippen LogP contribution in [0.3, 0.4) is 0 Å². The molecule has 1 aliphatic heterocycles. The molecule has 0 unspecified atom stereocenters. The van der Waals surface area contributed by atoms with Crippen LogP contribution in [0.4, 0.5) is 19.0 Å². The number of anilines is 1. The Morgan fingerprint density at radius 2 is 1.94 bits per heavy atom. The van der Waals surface area contributed by atoms with Crippen LogP contribution in [0.15, 0.2) is 24.3 Å². The molecule has 0 saturated carbocycles. The molecule has 1 aromatic heterocycles. The van der Waals surface area contributed by atoms with Crippen LogP contribution in [0.25, 0.3) is 0 Å². The molecule has 192 valence electrons. The number of pyridine rings is 1. The van der Waals surface area contributed by atoms with Crippen LogP contribution in [0.5, 0.6) is 0 Å². The fraction of sp³-hybridized carbons (Fsp3) is 0.391. The molecular weight excluding hydrogens is 501 g/mol. The number of benzene rings is 1. The number of hydrogen-bond acceptors (Lipinski definition) is 8. The van der Waals surface area contributed by atoms with Gasteiger partial charge in [-0.3, -0.25) is 9.52 Å². The zero-order chi connectivity index (χ0) is 26.5. The van der Waals surface area contributed by atoms with Crippen molar-refractivity contribution >= 4 is 27.7 Å². The molecule has 1 fully saturated rings. The molecule has 1 aliphatic rings. The molecule has 13 heteroatoms. The molecule has 1 saturated heterocycles. The number of esters is 1. The van der Waals surface area contributed by atoms with E-state index >= 15 is 0 Å². The average molecular weight is 525 g/mol. The SMILES string of the molecule is CCOC(=O)c1cc(C#N)c(N2CCC(C(=O)NS(=O)(=O)Cc3ccc(F)cc3F)CC2)nc1CF. The Morgan fingerprint density at radius 1 is 1.25 bits per heavy atom. The molecule has 2 heterocycles. The highest BCUT2D eigenvalue weighted by atomic mass is 32.2. The molecule has 0 radical (unpaired) electrons. The van der Waals surface area contributed by atoms with Crippen molar-refractivity contribution in [2.24, 2.45) is 5.92 Å². The summed E-state index contributed by atoms with van der Waals surface area (Å²) in [6.45, 7) is 1.01. The molecule has 1 amide bonds. The minimum atomic E-state index is -4.24. The lowest BCUT2D eigenvalue weighted by Gasteiger charge is -2.32. The van der Waals surface area contributed by atoms with Gasteiger partial charge in [0, 0.05) is 30.6 Å². The Labute approximate surface area is 205 Å². The van der Waals surface area contributed by atoms with Gasteiger partial charge in [-0.1, -0.05) is 6.07 Å². The molecule has 2 aromatic rings. The molecule has 3 rings (SSSR count). The number of rotatable bonds is 8. The van der Waals surface area contributed by atoms with Crippen LogP contribution in [0, 0.1) is 28.9 Å². The number of piperidine rings is 1. The zero-order valence-electron chi connectivity index (χ0n) is 19.3. The van der Waals surface area contributed by atoms with E-state index in [1.165, 1.54) is 6.07 Å². The highest BCUT2D eigenvalue weighted by molar-refractivity contribution is 7.89. The summed E-state index contributed by atoms with van der Waals surface area (Å²) in [5.74, 6) is -4.84. The van der Waals surface area contributed by atoms with Gasteiger partial charge < -0.3 is 9.64 Å². The maximum atomic E-state index is 13.8. The monoisotopic (exact) mass is 524 g/mol. The van der Waals surface area contributed by atoms with Crippen LogP contribution in [0.2, 0.25) is 0 Å². The van der Waals surface area contributed by atoms with E-state index in [2.05, 4.69) is 4.98 Å². The molecule has 9 nitrogen and oxygen atoms in total. The van der Waals surface area contributed by atoms with Crippen LogP contribution < -0.4 is 9.62 Å². The Balaban J connectivity index is 1.68. The van der Waals surface area contributed by atoms with Gasteiger partial charge in [0.1, 0.15) is 30.2 Å². The topological polar surface area (TPSA) is 129 Å². The molecule has 0 atom stereocenters. The summed E-state index contributed by atoms with van der Waals surface area (Å²) < 4.78 is 71.9. The number of amides is 1. The van der Waals surface area contributed by atoms with Crippen molar-refractivity contribution in [1.29, 1.82) is 5.26 Å². The number of sulfonamides is 1. The highest BCUT2D eigenvalue weighted by Crippen LogP contribution is 2.27.